The lowest BCUT2D eigenvalue weighted by Gasteiger charge is -2.37. The minimum absolute atomic E-state index is 0. The van der Waals surface area contributed by atoms with Crippen molar-refractivity contribution in [2.75, 3.05) is 51.3 Å². The summed E-state index contributed by atoms with van der Waals surface area (Å²) in [6.07, 6.45) is 0. The van der Waals surface area contributed by atoms with E-state index in [9.17, 15) is 0 Å². The summed E-state index contributed by atoms with van der Waals surface area (Å²) in [4.78, 5) is 9.55. The van der Waals surface area contributed by atoms with Crippen LogP contribution >= 0.6 is 35.3 Å². The van der Waals surface area contributed by atoms with Gasteiger partial charge in [0.15, 0.2) is 5.96 Å². The van der Waals surface area contributed by atoms with Crippen LogP contribution < -0.4 is 10.2 Å². The molecule has 1 aliphatic rings. The molecule has 5 nitrogen and oxygen atoms in total. The molecule has 0 atom stereocenters. The number of piperazine rings is 1. The third-order valence-electron chi connectivity index (χ3n) is 3.89. The van der Waals surface area contributed by atoms with Gasteiger partial charge in [-0.2, -0.15) is 0 Å². The van der Waals surface area contributed by atoms with Gasteiger partial charge in [-0.25, -0.2) is 0 Å². The second kappa shape index (κ2) is 9.68. The molecule has 0 bridgehead atoms. The maximum atomic E-state index is 5.46. The zero-order valence-corrected chi connectivity index (χ0v) is 17.7. The van der Waals surface area contributed by atoms with Crippen LogP contribution in [0, 0.1) is 0 Å². The lowest BCUT2D eigenvalue weighted by Crippen LogP contribution is -2.52. The van der Waals surface area contributed by atoms with Crippen molar-refractivity contribution in [2.45, 2.75) is 26.4 Å². The number of guanidine groups is 1. The topological polar surface area (TPSA) is 40.1 Å². The van der Waals surface area contributed by atoms with Gasteiger partial charge in [0, 0.05) is 39.8 Å². The van der Waals surface area contributed by atoms with Crippen molar-refractivity contribution < 1.29 is 4.74 Å². The maximum Gasteiger partial charge on any atom is 0.194 e. The maximum absolute atomic E-state index is 5.46. The first-order chi connectivity index (χ1) is 10.6. The average molecular weight is 452 g/mol. The van der Waals surface area contributed by atoms with Gasteiger partial charge in [-0.3, -0.25) is 4.99 Å². The van der Waals surface area contributed by atoms with Crippen LogP contribution in [0.4, 0.5) is 5.00 Å². The van der Waals surface area contributed by atoms with Crippen molar-refractivity contribution in [3.63, 3.8) is 0 Å². The Morgan fingerprint density at radius 1 is 1.35 bits per heavy atom. The molecule has 1 fully saturated rings. The predicted octanol–water partition coefficient (Wildman–Crippen LogP) is 2.88. The molecule has 1 aromatic heterocycles. The van der Waals surface area contributed by atoms with Gasteiger partial charge in [0.2, 0.25) is 0 Å². The highest BCUT2D eigenvalue weighted by atomic mass is 127. The second-order valence-electron chi connectivity index (χ2n) is 6.06. The molecule has 2 heterocycles. The Morgan fingerprint density at radius 3 is 2.57 bits per heavy atom. The van der Waals surface area contributed by atoms with Crippen LogP contribution in [-0.2, 0) is 4.74 Å². The summed E-state index contributed by atoms with van der Waals surface area (Å²) < 4.78 is 5.46. The summed E-state index contributed by atoms with van der Waals surface area (Å²) in [7, 11) is 1.74. The lowest BCUT2D eigenvalue weighted by atomic mass is 10.1. The summed E-state index contributed by atoms with van der Waals surface area (Å²) in [5.74, 6) is 0.999. The minimum Gasteiger partial charge on any atom is -0.377 e. The van der Waals surface area contributed by atoms with E-state index in [0.717, 1.165) is 38.7 Å². The molecule has 0 radical (unpaired) electrons. The van der Waals surface area contributed by atoms with Crippen molar-refractivity contribution in [3.8, 4) is 0 Å². The fraction of sp³-hybridized carbons (Fsp3) is 0.688. The number of aliphatic imine (C=N–C) groups is 1. The molecule has 0 amide bonds. The fourth-order valence-corrected chi connectivity index (χ4v) is 3.13. The van der Waals surface area contributed by atoms with Gasteiger partial charge in [0.1, 0.15) is 0 Å². The van der Waals surface area contributed by atoms with Gasteiger partial charge >= 0.3 is 0 Å². The number of nitrogens with one attached hydrogen (secondary N) is 1. The third kappa shape index (κ3) is 6.11. The quantitative estimate of drug-likeness (QED) is 0.424. The van der Waals surface area contributed by atoms with E-state index in [4.69, 9.17) is 9.73 Å². The van der Waals surface area contributed by atoms with Gasteiger partial charge in [-0.1, -0.05) is 0 Å². The first kappa shape index (κ1) is 20.5. The first-order valence-corrected chi connectivity index (χ1v) is 8.80. The highest BCUT2D eigenvalue weighted by Crippen LogP contribution is 2.22. The van der Waals surface area contributed by atoms with E-state index in [2.05, 4.69) is 53.4 Å². The molecule has 132 valence electrons. The molecule has 23 heavy (non-hydrogen) atoms. The van der Waals surface area contributed by atoms with Crippen LogP contribution in [0.15, 0.2) is 22.5 Å². The number of ether oxygens (including phenoxy) is 1. The lowest BCUT2D eigenvalue weighted by molar-refractivity contribution is 0.0309. The molecule has 0 saturated carbocycles. The number of hydrogen-bond donors (Lipinski definition) is 1. The van der Waals surface area contributed by atoms with Crippen molar-refractivity contribution in [3.05, 3.63) is 17.5 Å². The second-order valence-corrected chi connectivity index (χ2v) is 6.99. The predicted molar refractivity (Wildman–Crippen MR) is 111 cm³/mol. The van der Waals surface area contributed by atoms with E-state index in [1.54, 1.807) is 7.11 Å². The van der Waals surface area contributed by atoms with E-state index < -0.39 is 0 Å². The SMILES string of the molecule is CCNC(=NCC(C)(C)OC)N1CCN(c2cccs2)CC1.I. The van der Waals surface area contributed by atoms with E-state index in [0.29, 0.717) is 6.54 Å². The Labute approximate surface area is 161 Å². The average Bonchev–Trinajstić information content (AvgIpc) is 3.06. The Bertz CT molecular complexity index is 470. The van der Waals surface area contributed by atoms with Crippen LogP contribution in [-0.4, -0.2) is 62.8 Å². The van der Waals surface area contributed by atoms with Crippen molar-refractivity contribution in [2.24, 2.45) is 4.99 Å². The fourth-order valence-electron chi connectivity index (χ4n) is 2.34. The van der Waals surface area contributed by atoms with Crippen LogP contribution in [0.5, 0.6) is 0 Å². The largest absolute Gasteiger partial charge is 0.377 e. The third-order valence-corrected chi connectivity index (χ3v) is 4.82. The Balaban J connectivity index is 0.00000264. The molecule has 1 aliphatic heterocycles. The van der Waals surface area contributed by atoms with Gasteiger partial charge in [-0.15, -0.1) is 35.3 Å². The summed E-state index contributed by atoms with van der Waals surface area (Å²) >= 11 is 1.81. The zero-order valence-electron chi connectivity index (χ0n) is 14.5. The number of hydrogen-bond acceptors (Lipinski definition) is 4. The van der Waals surface area contributed by atoms with E-state index in [1.165, 1.54) is 5.00 Å². The molecule has 1 aromatic rings. The summed E-state index contributed by atoms with van der Waals surface area (Å²) in [5, 5.41) is 6.91. The Kier molecular flexibility index (Phi) is 8.63. The molecular formula is C16H29IN4OS. The first-order valence-electron chi connectivity index (χ1n) is 7.92. The molecule has 0 unspecified atom stereocenters. The smallest absolute Gasteiger partial charge is 0.194 e. The normalized spacial score (nSPS) is 16.3. The molecule has 2 rings (SSSR count). The molecular weight excluding hydrogens is 423 g/mol. The molecule has 0 aromatic carbocycles. The van der Waals surface area contributed by atoms with Crippen molar-refractivity contribution >= 4 is 46.3 Å². The summed E-state index contributed by atoms with van der Waals surface area (Å²) in [6, 6.07) is 4.31. The van der Waals surface area contributed by atoms with E-state index in [-0.39, 0.29) is 29.6 Å². The number of nitrogens with zero attached hydrogens (tertiary/aromatic N) is 3. The van der Waals surface area contributed by atoms with Crippen molar-refractivity contribution in [1.29, 1.82) is 0 Å². The standard InChI is InChI=1S/C16H28N4OS.HI/c1-5-17-15(18-13-16(2,3)21-4)20-10-8-19(9-11-20)14-7-6-12-22-14;/h6-7,12H,5,8-11,13H2,1-4H3,(H,17,18);1H. The van der Waals surface area contributed by atoms with Gasteiger partial charge in [0.05, 0.1) is 17.1 Å². The summed E-state index contributed by atoms with van der Waals surface area (Å²) in [6.45, 7) is 11.9. The van der Waals surface area contributed by atoms with Crippen molar-refractivity contribution in [1.82, 2.24) is 10.2 Å². The minimum atomic E-state index is -0.223. The number of halogens is 1. The highest BCUT2D eigenvalue weighted by Gasteiger charge is 2.22. The van der Waals surface area contributed by atoms with Gasteiger partial charge < -0.3 is 19.9 Å². The van der Waals surface area contributed by atoms with Gasteiger partial charge in [-0.05, 0) is 38.3 Å². The van der Waals surface area contributed by atoms with Crippen LogP contribution in [0.1, 0.15) is 20.8 Å². The summed E-state index contributed by atoms with van der Waals surface area (Å²) in [5.41, 5.74) is -0.223. The molecule has 7 heteroatoms. The molecule has 1 saturated heterocycles. The number of anilines is 1. The number of thiophene rings is 1. The Morgan fingerprint density at radius 2 is 2.04 bits per heavy atom. The molecule has 0 spiro atoms. The van der Waals surface area contributed by atoms with E-state index in [1.807, 2.05) is 11.3 Å². The highest BCUT2D eigenvalue weighted by molar-refractivity contribution is 14.0. The number of methoxy groups -OCH3 is 1. The monoisotopic (exact) mass is 452 g/mol. The molecule has 1 N–H and O–H groups in total. The zero-order chi connectivity index (χ0) is 16.0. The number of rotatable bonds is 5. The van der Waals surface area contributed by atoms with Crippen LogP contribution in [0.3, 0.4) is 0 Å². The van der Waals surface area contributed by atoms with E-state index >= 15 is 0 Å². The van der Waals surface area contributed by atoms with Gasteiger partial charge in [0.25, 0.3) is 0 Å². The van der Waals surface area contributed by atoms with Crippen LogP contribution in [0.2, 0.25) is 0 Å². The Hall–Kier alpha value is -0.540. The van der Waals surface area contributed by atoms with Crippen LogP contribution in [0.25, 0.3) is 0 Å². The molecule has 0 aliphatic carbocycles.